The third-order valence-corrected chi connectivity index (χ3v) is 7.81. The molecule has 0 spiro atoms. The number of carbonyl (C=O) groups is 2. The summed E-state index contributed by atoms with van der Waals surface area (Å²) in [7, 11) is 1.52. The lowest BCUT2D eigenvalue weighted by atomic mass is 10.1. The smallest absolute Gasteiger partial charge is 0.270 e. The van der Waals surface area contributed by atoms with E-state index in [-0.39, 0.29) is 18.4 Å². The summed E-state index contributed by atoms with van der Waals surface area (Å²) in [5.74, 6) is 0.414. The number of nitrogens with zero attached hydrogens (tertiary/aromatic N) is 1. The molecular weight excluding hydrogens is 560 g/mol. The molecule has 184 valence electrons. The Hall–Kier alpha value is -3.14. The maximum absolute atomic E-state index is 13.0. The molecule has 1 N–H and O–H groups in total. The van der Waals surface area contributed by atoms with Crippen molar-refractivity contribution in [2.24, 2.45) is 0 Å². The van der Waals surface area contributed by atoms with Gasteiger partial charge in [-0.05, 0) is 73.0 Å². The predicted octanol–water partition coefficient (Wildman–Crippen LogP) is 6.50. The van der Waals surface area contributed by atoms with Crippen LogP contribution in [0.15, 0.2) is 70.0 Å². The van der Waals surface area contributed by atoms with E-state index in [9.17, 15) is 9.59 Å². The van der Waals surface area contributed by atoms with E-state index in [1.54, 1.807) is 24.3 Å². The first-order chi connectivity index (χ1) is 17.3. The molecule has 0 radical (unpaired) electrons. The largest absolute Gasteiger partial charge is 0.493 e. The number of anilines is 2. The van der Waals surface area contributed by atoms with Gasteiger partial charge in [-0.3, -0.25) is 14.5 Å². The number of hydrogen-bond acceptors (Lipinski definition) is 6. The summed E-state index contributed by atoms with van der Waals surface area (Å²) in [6.07, 6.45) is 1.76. The van der Waals surface area contributed by atoms with Crippen LogP contribution in [0.4, 0.5) is 11.4 Å². The van der Waals surface area contributed by atoms with Crippen molar-refractivity contribution in [3.05, 3.63) is 86.7 Å². The molecule has 4 rings (SSSR count). The Morgan fingerprint density at radius 3 is 2.56 bits per heavy atom. The second-order valence-electron chi connectivity index (χ2n) is 7.94. The average Bonchev–Trinajstić information content (AvgIpc) is 3.16. The Morgan fingerprint density at radius 1 is 1.08 bits per heavy atom. The topological polar surface area (TPSA) is 67.9 Å². The summed E-state index contributed by atoms with van der Waals surface area (Å²) < 4.78 is 12.7. The van der Waals surface area contributed by atoms with Crippen LogP contribution in [-0.2, 0) is 9.59 Å². The van der Waals surface area contributed by atoms with Crippen LogP contribution in [0.25, 0.3) is 6.08 Å². The lowest BCUT2D eigenvalue weighted by Crippen LogP contribution is -2.27. The van der Waals surface area contributed by atoms with Gasteiger partial charge >= 0.3 is 0 Å². The zero-order chi connectivity index (χ0) is 25.8. The van der Waals surface area contributed by atoms with Gasteiger partial charge in [0.15, 0.2) is 22.4 Å². The quantitative estimate of drug-likeness (QED) is 0.253. The maximum Gasteiger partial charge on any atom is 0.270 e. The lowest BCUT2D eigenvalue weighted by Gasteiger charge is -2.14. The number of benzene rings is 3. The van der Waals surface area contributed by atoms with E-state index in [0.29, 0.717) is 20.7 Å². The first kappa shape index (κ1) is 25.9. The molecule has 9 heteroatoms. The molecule has 0 atom stereocenters. The summed E-state index contributed by atoms with van der Waals surface area (Å²) >= 11 is 10.2. The van der Waals surface area contributed by atoms with Crippen molar-refractivity contribution >= 4 is 73.5 Å². The fraction of sp³-hybridized carbons (Fsp3) is 0.148. The molecule has 6 nitrogen and oxygen atoms in total. The van der Waals surface area contributed by atoms with Crippen molar-refractivity contribution in [3.8, 4) is 11.5 Å². The molecule has 0 unspecified atom stereocenters. The van der Waals surface area contributed by atoms with Crippen LogP contribution in [0.2, 0.25) is 0 Å². The molecule has 36 heavy (non-hydrogen) atoms. The van der Waals surface area contributed by atoms with Gasteiger partial charge in [0, 0.05) is 10.2 Å². The van der Waals surface area contributed by atoms with Gasteiger partial charge in [0.05, 0.1) is 17.7 Å². The zero-order valence-electron chi connectivity index (χ0n) is 19.8. The van der Waals surface area contributed by atoms with Crippen LogP contribution in [0.3, 0.4) is 0 Å². The van der Waals surface area contributed by atoms with Crippen molar-refractivity contribution < 1.29 is 19.1 Å². The van der Waals surface area contributed by atoms with E-state index in [0.717, 1.165) is 32.5 Å². The van der Waals surface area contributed by atoms with Crippen molar-refractivity contribution in [2.75, 3.05) is 23.9 Å². The molecule has 1 fully saturated rings. The van der Waals surface area contributed by atoms with Crippen LogP contribution >= 0.6 is 39.9 Å². The van der Waals surface area contributed by atoms with Crippen molar-refractivity contribution in [1.29, 1.82) is 0 Å². The van der Waals surface area contributed by atoms with E-state index >= 15 is 0 Å². The zero-order valence-corrected chi connectivity index (χ0v) is 23.1. The third-order valence-electron chi connectivity index (χ3n) is 5.65. The monoisotopic (exact) mass is 582 g/mol. The molecule has 0 aromatic heterocycles. The van der Waals surface area contributed by atoms with Gasteiger partial charge < -0.3 is 14.8 Å². The molecule has 0 aliphatic carbocycles. The van der Waals surface area contributed by atoms with Crippen LogP contribution in [0.1, 0.15) is 16.7 Å². The number of nitrogens with one attached hydrogen (secondary N) is 1. The fourth-order valence-electron chi connectivity index (χ4n) is 3.56. The lowest BCUT2D eigenvalue weighted by molar-refractivity contribution is -0.118. The highest BCUT2D eigenvalue weighted by Gasteiger charge is 2.33. The average molecular weight is 584 g/mol. The van der Waals surface area contributed by atoms with Gasteiger partial charge in [0.1, 0.15) is 0 Å². The number of para-hydroxylation sites is 1. The number of thioether (sulfide) groups is 1. The molecule has 3 aromatic carbocycles. The summed E-state index contributed by atoms with van der Waals surface area (Å²) in [6.45, 7) is 3.75. The van der Waals surface area contributed by atoms with Crippen LogP contribution in [0, 0.1) is 13.8 Å². The summed E-state index contributed by atoms with van der Waals surface area (Å²) in [5.41, 5.74) is 4.26. The Labute approximate surface area is 227 Å². The van der Waals surface area contributed by atoms with Gasteiger partial charge in [-0.1, -0.05) is 64.2 Å². The van der Waals surface area contributed by atoms with Crippen LogP contribution < -0.4 is 19.7 Å². The first-order valence-electron chi connectivity index (χ1n) is 11.0. The van der Waals surface area contributed by atoms with E-state index in [4.69, 9.17) is 21.7 Å². The fourth-order valence-corrected chi connectivity index (χ4v) is 5.29. The minimum absolute atomic E-state index is 0.175. The van der Waals surface area contributed by atoms with Gasteiger partial charge in [-0.2, -0.15) is 0 Å². The van der Waals surface area contributed by atoms with Gasteiger partial charge in [-0.25, -0.2) is 0 Å². The number of ether oxygens (including phenoxy) is 2. The first-order valence-corrected chi connectivity index (χ1v) is 13.0. The number of hydrogen-bond donors (Lipinski definition) is 1. The molecule has 2 amide bonds. The molecule has 1 heterocycles. The van der Waals surface area contributed by atoms with Gasteiger partial charge in [0.25, 0.3) is 11.8 Å². The molecule has 1 saturated heterocycles. The molecule has 1 aliphatic rings. The minimum atomic E-state index is -0.282. The number of carbonyl (C=O) groups excluding carboxylic acids is 2. The molecule has 1 aliphatic heterocycles. The molecule has 0 bridgehead atoms. The Morgan fingerprint density at radius 2 is 1.83 bits per heavy atom. The van der Waals surface area contributed by atoms with Crippen molar-refractivity contribution in [1.82, 2.24) is 0 Å². The second-order valence-corrected chi connectivity index (χ2v) is 10.5. The van der Waals surface area contributed by atoms with Gasteiger partial charge in [-0.15, -0.1) is 0 Å². The SMILES string of the molecule is COc1cc(/C=C2/SC(=S)N(c3ccccc3)C2=O)ccc1OCC(=O)Nc1ccc(Br)c(C)c1C. The van der Waals surface area contributed by atoms with E-state index in [2.05, 4.69) is 21.2 Å². The van der Waals surface area contributed by atoms with Crippen LogP contribution in [0.5, 0.6) is 11.5 Å². The summed E-state index contributed by atoms with van der Waals surface area (Å²) in [5, 5.41) is 2.88. The van der Waals surface area contributed by atoms with E-state index < -0.39 is 0 Å². The van der Waals surface area contributed by atoms with E-state index in [1.165, 1.54) is 23.8 Å². The standard InChI is InChI=1S/C27H23BrN2O4S2/c1-16-17(2)21(11-10-20(16)28)29-25(31)15-34-22-12-9-18(13-23(22)33-3)14-24-26(32)30(27(35)36-24)19-7-5-4-6-8-19/h4-14H,15H2,1-3H3,(H,29,31)/b24-14+. The number of thiocarbonyl (C=S) groups is 1. The Bertz CT molecular complexity index is 1380. The van der Waals surface area contributed by atoms with Crippen LogP contribution in [-0.4, -0.2) is 29.9 Å². The number of halogens is 1. The van der Waals surface area contributed by atoms with E-state index in [1.807, 2.05) is 56.3 Å². The highest BCUT2D eigenvalue weighted by Crippen LogP contribution is 2.37. The van der Waals surface area contributed by atoms with Gasteiger partial charge in [0.2, 0.25) is 0 Å². The number of methoxy groups -OCH3 is 1. The number of amides is 2. The maximum atomic E-state index is 13.0. The van der Waals surface area contributed by atoms with Crippen molar-refractivity contribution in [3.63, 3.8) is 0 Å². The molecule has 0 saturated carbocycles. The summed E-state index contributed by atoms with van der Waals surface area (Å²) in [6, 6.07) is 18.3. The second kappa shape index (κ2) is 11.3. The summed E-state index contributed by atoms with van der Waals surface area (Å²) in [4.78, 5) is 27.5. The molecular formula is C27H23BrN2O4S2. The highest BCUT2D eigenvalue weighted by atomic mass is 79.9. The normalized spacial score (nSPS) is 14.3. The third kappa shape index (κ3) is 5.64. The Balaban J connectivity index is 1.45. The minimum Gasteiger partial charge on any atom is -0.493 e. The Kier molecular flexibility index (Phi) is 8.13. The highest BCUT2D eigenvalue weighted by molar-refractivity contribution is 9.10. The number of rotatable bonds is 7. The predicted molar refractivity (Wildman–Crippen MR) is 153 cm³/mol. The molecule has 3 aromatic rings. The van der Waals surface area contributed by atoms with Crippen molar-refractivity contribution in [2.45, 2.75) is 13.8 Å².